The molecule has 1 rings (SSSR count). The zero-order chi connectivity index (χ0) is 20.8. The van der Waals surface area contributed by atoms with E-state index < -0.39 is 13.0 Å². The van der Waals surface area contributed by atoms with E-state index in [9.17, 15) is 8.78 Å². The number of hydrogen-bond donors (Lipinski definition) is 2. The lowest BCUT2D eigenvalue weighted by Gasteiger charge is -2.21. The summed E-state index contributed by atoms with van der Waals surface area (Å²) in [6, 6.07) is 7.45. The van der Waals surface area contributed by atoms with E-state index in [-0.39, 0.29) is 24.0 Å². The van der Waals surface area contributed by atoms with Gasteiger partial charge in [-0.2, -0.15) is 0 Å². The van der Waals surface area contributed by atoms with Gasteiger partial charge >= 0.3 is 0 Å². The number of hydrogen-bond acceptors (Lipinski definition) is 3. The second-order valence-electron chi connectivity index (χ2n) is 6.76. The topological polar surface area (TPSA) is 48.9 Å². The fourth-order valence-corrected chi connectivity index (χ4v) is 2.85. The van der Waals surface area contributed by atoms with E-state index in [4.69, 9.17) is 4.74 Å². The van der Waals surface area contributed by atoms with Crippen molar-refractivity contribution in [2.24, 2.45) is 4.99 Å². The zero-order valence-electron chi connectivity index (χ0n) is 18.1. The summed E-state index contributed by atoms with van der Waals surface area (Å²) < 4.78 is 29.7. The highest BCUT2D eigenvalue weighted by molar-refractivity contribution is 14.0. The van der Waals surface area contributed by atoms with Gasteiger partial charge in [-0.1, -0.05) is 26.0 Å². The maximum absolute atomic E-state index is 12.3. The molecule has 2 N–H and O–H groups in total. The Bertz CT molecular complexity index is 571. The Balaban J connectivity index is 0.00000784. The van der Waals surface area contributed by atoms with Crippen LogP contribution in [-0.4, -0.2) is 56.1 Å². The van der Waals surface area contributed by atoms with Crippen molar-refractivity contribution in [3.8, 4) is 5.75 Å². The zero-order valence-corrected chi connectivity index (χ0v) is 20.4. The number of halogens is 3. The Morgan fingerprint density at radius 3 is 2.55 bits per heavy atom. The summed E-state index contributed by atoms with van der Waals surface area (Å²) >= 11 is 0. The van der Waals surface area contributed by atoms with Gasteiger partial charge < -0.3 is 20.3 Å². The lowest BCUT2D eigenvalue weighted by atomic mass is 10.2. The smallest absolute Gasteiger partial charge is 0.272 e. The van der Waals surface area contributed by atoms with Crippen LogP contribution in [0.1, 0.15) is 46.1 Å². The second-order valence-corrected chi connectivity index (χ2v) is 6.76. The molecule has 29 heavy (non-hydrogen) atoms. The molecular formula is C21H37F2IN4O. The van der Waals surface area contributed by atoms with Crippen LogP contribution in [0.3, 0.4) is 0 Å². The second kappa shape index (κ2) is 16.6. The van der Waals surface area contributed by atoms with Gasteiger partial charge in [-0.25, -0.2) is 13.8 Å². The van der Waals surface area contributed by atoms with Gasteiger partial charge in [-0.3, -0.25) is 0 Å². The molecule has 0 radical (unpaired) electrons. The fraction of sp³-hybridized carbons (Fsp3) is 0.667. The first-order valence-corrected chi connectivity index (χ1v) is 10.3. The normalized spacial score (nSPS) is 12.6. The van der Waals surface area contributed by atoms with Crippen LogP contribution in [0.4, 0.5) is 8.78 Å². The third kappa shape index (κ3) is 12.9. The van der Waals surface area contributed by atoms with Gasteiger partial charge in [0.05, 0.1) is 6.54 Å². The van der Waals surface area contributed by atoms with E-state index in [2.05, 4.69) is 41.3 Å². The van der Waals surface area contributed by atoms with Gasteiger partial charge in [0.1, 0.15) is 12.4 Å². The van der Waals surface area contributed by atoms with Crippen molar-refractivity contribution in [1.82, 2.24) is 15.5 Å². The summed E-state index contributed by atoms with van der Waals surface area (Å²) in [7, 11) is 0. The van der Waals surface area contributed by atoms with Crippen LogP contribution in [0.25, 0.3) is 0 Å². The molecular weight excluding hydrogens is 489 g/mol. The lowest BCUT2D eigenvalue weighted by molar-refractivity contribution is 0.0818. The van der Waals surface area contributed by atoms with Crippen LogP contribution in [0.15, 0.2) is 29.3 Å². The molecule has 8 heteroatoms. The average Bonchev–Trinajstić information content (AvgIpc) is 2.68. The predicted octanol–water partition coefficient (Wildman–Crippen LogP) is 4.51. The van der Waals surface area contributed by atoms with Crippen LogP contribution in [0.2, 0.25) is 0 Å². The first-order valence-electron chi connectivity index (χ1n) is 10.3. The number of rotatable bonds is 13. The van der Waals surface area contributed by atoms with Crippen molar-refractivity contribution < 1.29 is 13.5 Å². The molecule has 0 aliphatic carbocycles. The highest BCUT2D eigenvalue weighted by Crippen LogP contribution is 2.15. The van der Waals surface area contributed by atoms with E-state index in [0.29, 0.717) is 18.3 Å². The number of guanidine groups is 1. The van der Waals surface area contributed by atoms with Crippen LogP contribution < -0.4 is 15.4 Å². The van der Waals surface area contributed by atoms with Crippen molar-refractivity contribution in [2.75, 3.05) is 32.8 Å². The predicted molar refractivity (Wildman–Crippen MR) is 128 cm³/mol. The Morgan fingerprint density at radius 1 is 1.21 bits per heavy atom. The highest BCUT2D eigenvalue weighted by atomic mass is 127. The Morgan fingerprint density at radius 2 is 1.93 bits per heavy atom. The van der Waals surface area contributed by atoms with E-state index in [1.54, 1.807) is 18.2 Å². The molecule has 0 bridgehead atoms. The molecule has 0 saturated heterocycles. The van der Waals surface area contributed by atoms with E-state index in [1.807, 2.05) is 13.0 Å². The molecule has 0 saturated carbocycles. The van der Waals surface area contributed by atoms with Gasteiger partial charge in [0.15, 0.2) is 5.96 Å². The molecule has 0 aromatic heterocycles. The summed E-state index contributed by atoms with van der Waals surface area (Å²) in [5.41, 5.74) is 0.915. The minimum Gasteiger partial charge on any atom is -0.488 e. The summed E-state index contributed by atoms with van der Waals surface area (Å²) in [6.07, 6.45) is -0.272. The Kier molecular flexibility index (Phi) is 16.0. The quantitative estimate of drug-likeness (QED) is 0.226. The molecule has 0 amide bonds. The van der Waals surface area contributed by atoms with Gasteiger partial charge in [0.25, 0.3) is 6.43 Å². The number of alkyl halides is 2. The van der Waals surface area contributed by atoms with Gasteiger partial charge in [-0.05, 0) is 64.0 Å². The molecule has 0 spiro atoms. The molecule has 1 aromatic rings. The maximum atomic E-state index is 12.3. The van der Waals surface area contributed by atoms with Crippen LogP contribution in [0.5, 0.6) is 5.75 Å². The summed E-state index contributed by atoms with van der Waals surface area (Å²) in [5.74, 6) is 1.20. The molecule has 168 valence electrons. The number of aliphatic imine (C=N–C) groups is 1. The fourth-order valence-electron chi connectivity index (χ4n) is 2.85. The maximum Gasteiger partial charge on any atom is 0.272 e. The summed E-state index contributed by atoms with van der Waals surface area (Å²) in [5, 5.41) is 6.70. The monoisotopic (exact) mass is 526 g/mol. The van der Waals surface area contributed by atoms with Crippen molar-refractivity contribution in [1.29, 1.82) is 0 Å². The molecule has 5 nitrogen and oxygen atoms in total. The van der Waals surface area contributed by atoms with E-state index >= 15 is 0 Å². The van der Waals surface area contributed by atoms with Crippen molar-refractivity contribution >= 4 is 29.9 Å². The van der Waals surface area contributed by atoms with Crippen LogP contribution >= 0.6 is 24.0 Å². The molecule has 1 aromatic carbocycles. The largest absolute Gasteiger partial charge is 0.488 e. The standard InChI is InChI=1S/C21H36F2N4O.HI/c1-5-24-21(26-17(4)10-9-13-27(6-2)7-3)25-15-18-11-8-12-19(14-18)28-16-20(22)23;/h8,11-12,14,17,20H,5-7,9-10,13,15-16H2,1-4H3,(H2,24,25,26);1H. The first-order chi connectivity index (χ1) is 13.5. The lowest BCUT2D eigenvalue weighted by Crippen LogP contribution is -2.42. The molecule has 1 atom stereocenters. The summed E-state index contributed by atoms with van der Waals surface area (Å²) in [4.78, 5) is 7.04. The Labute approximate surface area is 191 Å². The molecule has 0 fully saturated rings. The minimum absolute atomic E-state index is 0. The molecule has 1 unspecified atom stereocenters. The molecule has 0 aliphatic rings. The van der Waals surface area contributed by atoms with E-state index in [1.165, 1.54) is 0 Å². The minimum atomic E-state index is -2.48. The number of benzene rings is 1. The first kappa shape index (κ1) is 27.8. The van der Waals surface area contributed by atoms with Crippen LogP contribution in [-0.2, 0) is 6.54 Å². The Hall–Kier alpha value is -1.16. The molecule has 0 aliphatic heterocycles. The molecule has 0 heterocycles. The van der Waals surface area contributed by atoms with Gasteiger partial charge in [-0.15, -0.1) is 24.0 Å². The average molecular weight is 526 g/mol. The SMILES string of the molecule is CCNC(=NCc1cccc(OCC(F)F)c1)NC(C)CCCN(CC)CC.I. The van der Waals surface area contributed by atoms with Crippen LogP contribution in [0, 0.1) is 0 Å². The van der Waals surface area contributed by atoms with Gasteiger partial charge in [0.2, 0.25) is 0 Å². The third-order valence-electron chi connectivity index (χ3n) is 4.43. The van der Waals surface area contributed by atoms with Crippen molar-refractivity contribution in [3.05, 3.63) is 29.8 Å². The third-order valence-corrected chi connectivity index (χ3v) is 4.43. The number of nitrogens with one attached hydrogen (secondary N) is 2. The number of nitrogens with zero attached hydrogens (tertiary/aromatic N) is 2. The summed E-state index contributed by atoms with van der Waals surface area (Å²) in [6.45, 7) is 12.5. The van der Waals surface area contributed by atoms with Gasteiger partial charge in [0, 0.05) is 12.6 Å². The van der Waals surface area contributed by atoms with Crippen molar-refractivity contribution in [3.63, 3.8) is 0 Å². The van der Waals surface area contributed by atoms with E-state index in [0.717, 1.165) is 50.5 Å². The highest BCUT2D eigenvalue weighted by Gasteiger charge is 2.07. The van der Waals surface area contributed by atoms with Crippen molar-refractivity contribution in [2.45, 2.75) is 59.5 Å². The number of ether oxygens (including phenoxy) is 1.